The Bertz CT molecular complexity index is 856. The van der Waals surface area contributed by atoms with Crippen LogP contribution >= 0.6 is 0 Å². The number of carbonyl (C=O) groups excluding carboxylic acids is 3. The van der Waals surface area contributed by atoms with Gasteiger partial charge in [-0.05, 0) is 56.9 Å². The van der Waals surface area contributed by atoms with E-state index < -0.39 is 6.09 Å². The number of nitrogens with zero attached hydrogens (tertiary/aromatic N) is 3. The maximum absolute atomic E-state index is 12.7. The molecule has 33 heavy (non-hydrogen) atoms. The van der Waals surface area contributed by atoms with Gasteiger partial charge in [0.05, 0.1) is 19.6 Å². The number of carbonyl (C=O) groups is 3. The van der Waals surface area contributed by atoms with Crippen LogP contribution in [-0.2, 0) is 14.3 Å². The first-order valence-corrected chi connectivity index (χ1v) is 11.4. The zero-order valence-electron chi connectivity index (χ0n) is 19.3. The van der Waals surface area contributed by atoms with Crippen LogP contribution in [-0.4, -0.2) is 74.8 Å². The lowest BCUT2D eigenvalue weighted by molar-refractivity contribution is -0.146. The minimum Gasteiger partial charge on any atom is -0.469 e. The molecular weight excluding hydrogens is 426 g/mol. The highest BCUT2D eigenvalue weighted by Crippen LogP contribution is 2.25. The predicted octanol–water partition coefficient (Wildman–Crippen LogP) is 2.11. The average molecular weight is 460 g/mol. The molecule has 10 nitrogen and oxygen atoms in total. The smallest absolute Gasteiger partial charge is 0.435 e. The van der Waals surface area contributed by atoms with Gasteiger partial charge in [-0.3, -0.25) is 4.79 Å². The Morgan fingerprint density at radius 3 is 2.27 bits per heavy atom. The molecule has 3 N–H and O–H groups in total. The molecule has 1 saturated heterocycles. The number of amidine groups is 1. The van der Waals surface area contributed by atoms with Crippen LogP contribution in [0, 0.1) is 5.92 Å². The number of hydrogen-bond donors (Lipinski definition) is 2. The summed E-state index contributed by atoms with van der Waals surface area (Å²) in [6.45, 7) is 4.63. The monoisotopic (exact) mass is 459 g/mol. The molecule has 2 fully saturated rings. The van der Waals surface area contributed by atoms with Crippen LogP contribution in [0.3, 0.4) is 0 Å². The highest BCUT2D eigenvalue weighted by Gasteiger charge is 2.29. The molecule has 180 valence electrons. The summed E-state index contributed by atoms with van der Waals surface area (Å²) in [5, 5.41) is 3.12. The van der Waals surface area contributed by atoms with Gasteiger partial charge in [-0.15, -0.1) is 0 Å². The average Bonchev–Trinajstić information content (AvgIpc) is 2.84. The van der Waals surface area contributed by atoms with Gasteiger partial charge in [0.25, 0.3) is 0 Å². The first kappa shape index (κ1) is 24.3. The predicted molar refractivity (Wildman–Crippen MR) is 124 cm³/mol. The fraction of sp³-hybridized carbons (Fsp3) is 0.565. The normalized spacial score (nSPS) is 21.3. The fourth-order valence-electron chi connectivity index (χ4n) is 4.24. The summed E-state index contributed by atoms with van der Waals surface area (Å²) in [5.74, 6) is -0.0927. The SMILES string of the molecule is CCOC(=O)N=C(N)c1ccc(N2CCN(C(=O)NC3CCC(C(=O)OC)CC3)CC2)cc1. The van der Waals surface area contributed by atoms with Gasteiger partial charge >= 0.3 is 18.1 Å². The quantitative estimate of drug-likeness (QED) is 0.392. The summed E-state index contributed by atoms with van der Waals surface area (Å²) >= 11 is 0. The van der Waals surface area contributed by atoms with Crippen molar-refractivity contribution >= 4 is 29.6 Å². The number of piperazine rings is 1. The van der Waals surface area contributed by atoms with Crippen molar-refractivity contribution in [1.29, 1.82) is 0 Å². The molecule has 3 amide bonds. The third kappa shape index (κ3) is 6.59. The first-order valence-electron chi connectivity index (χ1n) is 11.4. The van der Waals surface area contributed by atoms with Gasteiger partial charge in [0.2, 0.25) is 0 Å². The van der Waals surface area contributed by atoms with Crippen molar-refractivity contribution in [3.63, 3.8) is 0 Å². The first-order chi connectivity index (χ1) is 15.9. The minimum absolute atomic E-state index is 0.0468. The zero-order valence-corrected chi connectivity index (χ0v) is 19.3. The van der Waals surface area contributed by atoms with Crippen LogP contribution in [0.1, 0.15) is 38.2 Å². The van der Waals surface area contributed by atoms with Gasteiger partial charge in [0.15, 0.2) is 0 Å². The second-order valence-corrected chi connectivity index (χ2v) is 8.24. The molecule has 1 heterocycles. The Kier molecular flexibility index (Phi) is 8.51. The number of nitrogens with one attached hydrogen (secondary N) is 1. The second-order valence-electron chi connectivity index (χ2n) is 8.24. The Labute approximate surface area is 194 Å². The molecule has 1 aliphatic carbocycles. The number of ether oxygens (including phenoxy) is 2. The third-order valence-electron chi connectivity index (χ3n) is 6.16. The van der Waals surface area contributed by atoms with Crippen molar-refractivity contribution in [2.45, 2.75) is 38.6 Å². The number of urea groups is 1. The number of aliphatic imine (C=N–C) groups is 1. The van der Waals surface area contributed by atoms with E-state index in [4.69, 9.17) is 15.2 Å². The Hall–Kier alpha value is -3.30. The standard InChI is InChI=1S/C23H33N5O5/c1-3-33-23(31)26-20(24)16-6-10-19(11-7-16)27-12-14-28(15-13-27)22(30)25-18-8-4-17(5-9-18)21(29)32-2/h6-7,10-11,17-18H,3-5,8-9,12-15H2,1-2H3,(H,25,30)(H2,24,26,31). The molecule has 0 atom stereocenters. The summed E-state index contributed by atoms with van der Waals surface area (Å²) in [6.07, 6.45) is 2.37. The number of esters is 1. The van der Waals surface area contributed by atoms with Crippen LogP contribution in [0.2, 0.25) is 0 Å². The number of anilines is 1. The van der Waals surface area contributed by atoms with Crippen LogP contribution in [0.25, 0.3) is 0 Å². The fourth-order valence-corrected chi connectivity index (χ4v) is 4.24. The Balaban J connectivity index is 1.45. The van der Waals surface area contributed by atoms with Crippen molar-refractivity contribution in [2.24, 2.45) is 16.6 Å². The molecule has 1 aliphatic heterocycles. The Morgan fingerprint density at radius 2 is 1.70 bits per heavy atom. The van der Waals surface area contributed by atoms with Crippen molar-refractivity contribution in [2.75, 3.05) is 44.8 Å². The lowest BCUT2D eigenvalue weighted by Gasteiger charge is -2.37. The lowest BCUT2D eigenvalue weighted by atomic mass is 9.86. The lowest BCUT2D eigenvalue weighted by Crippen LogP contribution is -2.54. The van der Waals surface area contributed by atoms with E-state index in [-0.39, 0.29) is 36.4 Å². The van der Waals surface area contributed by atoms with Crippen LogP contribution in [0.5, 0.6) is 0 Å². The van der Waals surface area contributed by atoms with E-state index >= 15 is 0 Å². The third-order valence-corrected chi connectivity index (χ3v) is 6.16. The van der Waals surface area contributed by atoms with Gasteiger partial charge in [-0.1, -0.05) is 0 Å². The molecular formula is C23H33N5O5. The van der Waals surface area contributed by atoms with Crippen molar-refractivity contribution in [1.82, 2.24) is 10.2 Å². The van der Waals surface area contributed by atoms with Gasteiger partial charge in [0.1, 0.15) is 5.84 Å². The van der Waals surface area contributed by atoms with Gasteiger partial charge in [-0.2, -0.15) is 4.99 Å². The number of amides is 3. The molecule has 1 saturated carbocycles. The van der Waals surface area contributed by atoms with Crippen molar-refractivity contribution in [3.05, 3.63) is 29.8 Å². The van der Waals surface area contributed by atoms with E-state index in [0.29, 0.717) is 31.7 Å². The summed E-state index contributed by atoms with van der Waals surface area (Å²) in [5.41, 5.74) is 7.54. The largest absolute Gasteiger partial charge is 0.469 e. The molecule has 0 aromatic heterocycles. The summed E-state index contributed by atoms with van der Waals surface area (Å²) < 4.78 is 9.60. The van der Waals surface area contributed by atoms with E-state index in [2.05, 4.69) is 15.2 Å². The molecule has 1 aromatic rings. The topological polar surface area (TPSA) is 127 Å². The van der Waals surface area contributed by atoms with Crippen molar-refractivity contribution < 1.29 is 23.9 Å². The van der Waals surface area contributed by atoms with Crippen LogP contribution < -0.4 is 16.0 Å². The van der Waals surface area contributed by atoms with E-state index in [0.717, 1.165) is 31.4 Å². The van der Waals surface area contributed by atoms with E-state index in [1.54, 1.807) is 6.92 Å². The summed E-state index contributed by atoms with van der Waals surface area (Å²) in [7, 11) is 1.42. The number of methoxy groups -OCH3 is 1. The molecule has 0 spiro atoms. The molecule has 3 rings (SSSR count). The molecule has 0 radical (unpaired) electrons. The number of benzene rings is 1. The molecule has 2 aliphatic rings. The van der Waals surface area contributed by atoms with E-state index in [1.165, 1.54) is 7.11 Å². The maximum Gasteiger partial charge on any atom is 0.435 e. The van der Waals surface area contributed by atoms with E-state index in [9.17, 15) is 14.4 Å². The number of nitrogens with two attached hydrogens (primary N) is 1. The van der Waals surface area contributed by atoms with Gasteiger partial charge < -0.3 is 30.3 Å². The van der Waals surface area contributed by atoms with Gasteiger partial charge in [-0.25, -0.2) is 9.59 Å². The molecule has 1 aromatic carbocycles. The van der Waals surface area contributed by atoms with E-state index in [1.807, 2.05) is 29.2 Å². The number of rotatable bonds is 5. The molecule has 0 bridgehead atoms. The highest BCUT2D eigenvalue weighted by atomic mass is 16.5. The number of hydrogen-bond acceptors (Lipinski definition) is 6. The summed E-state index contributed by atoms with van der Waals surface area (Å²) in [4.78, 5) is 43.5. The Morgan fingerprint density at radius 1 is 1.06 bits per heavy atom. The molecule has 10 heteroatoms. The highest BCUT2D eigenvalue weighted by molar-refractivity contribution is 6.02. The van der Waals surface area contributed by atoms with Crippen molar-refractivity contribution in [3.8, 4) is 0 Å². The summed E-state index contributed by atoms with van der Waals surface area (Å²) in [6, 6.07) is 7.55. The van der Waals surface area contributed by atoms with Crippen LogP contribution in [0.15, 0.2) is 29.3 Å². The van der Waals surface area contributed by atoms with Crippen LogP contribution in [0.4, 0.5) is 15.3 Å². The zero-order chi connectivity index (χ0) is 23.8. The second kappa shape index (κ2) is 11.5. The maximum atomic E-state index is 12.7. The van der Waals surface area contributed by atoms with Gasteiger partial charge in [0, 0.05) is 43.5 Å². The molecule has 0 unspecified atom stereocenters. The minimum atomic E-state index is -0.704.